The van der Waals surface area contributed by atoms with Crippen LogP contribution < -0.4 is 0 Å². The minimum Gasteiger partial charge on any atom is -0.458 e. The molecule has 2 saturated carbocycles. The number of likely N-dealkylation sites (tertiary alicyclic amines) is 1. The van der Waals surface area contributed by atoms with Crippen LogP contribution in [-0.2, 0) is 33.3 Å². The van der Waals surface area contributed by atoms with Crippen molar-refractivity contribution in [3.63, 3.8) is 0 Å². The zero-order valence-corrected chi connectivity index (χ0v) is 19.2. The van der Waals surface area contributed by atoms with Crippen LogP contribution in [0, 0.1) is 17.8 Å². The first-order chi connectivity index (χ1) is 15.9. The summed E-state index contributed by atoms with van der Waals surface area (Å²) < 4.78 is 31.4. The number of ether oxygens (including phenoxy) is 5. The Labute approximate surface area is 192 Å². The minimum atomic E-state index is -0.627. The maximum atomic E-state index is 13.1. The predicted molar refractivity (Wildman–Crippen MR) is 112 cm³/mol. The van der Waals surface area contributed by atoms with Gasteiger partial charge in [-0.1, -0.05) is 13.8 Å². The van der Waals surface area contributed by atoms with E-state index in [0.29, 0.717) is 13.2 Å². The Morgan fingerprint density at radius 3 is 2.76 bits per heavy atom. The molecule has 0 N–H and O–H groups in total. The predicted octanol–water partition coefficient (Wildman–Crippen LogP) is 1.36. The second-order valence-electron chi connectivity index (χ2n) is 11.7. The summed E-state index contributed by atoms with van der Waals surface area (Å²) in [6, 6.07) is 0. The maximum absolute atomic E-state index is 13.1. The highest BCUT2D eigenvalue weighted by Gasteiger charge is 2.99. The highest BCUT2D eigenvalue weighted by atomic mass is 16.8. The van der Waals surface area contributed by atoms with Crippen LogP contribution in [-0.4, -0.2) is 84.3 Å². The quantitative estimate of drug-likeness (QED) is 0.462. The maximum Gasteiger partial charge on any atom is 0.334 e. The molecule has 5 heterocycles. The van der Waals surface area contributed by atoms with Crippen molar-refractivity contribution in [1.82, 2.24) is 4.90 Å². The molecule has 33 heavy (non-hydrogen) atoms. The standard InChI is InChI=1S/C25H31NO7/c1-12(2)23-19(32-23)20-24(33-20)16-6-5-13-15(11-29-21(13)28)14(16)9-17-25(24,31-17)22(23)30-18(27)10-26-7-3-4-8-26/h12,14,16-17,19-20,22H,3-11H2,1-2H3/t14-,16-,17-,19-,20-,22+,23-,24-,25+/m0/s1. The lowest BCUT2D eigenvalue weighted by molar-refractivity contribution is -0.166. The first-order valence-corrected chi connectivity index (χ1v) is 12.8. The Kier molecular flexibility index (Phi) is 3.60. The molecule has 178 valence electrons. The molecule has 8 rings (SSSR count). The highest BCUT2D eigenvalue weighted by Crippen LogP contribution is 2.80. The Hall–Kier alpha value is -1.48. The van der Waals surface area contributed by atoms with E-state index in [1.54, 1.807) is 0 Å². The number of fused-ring (bicyclic) bond motifs is 4. The smallest absolute Gasteiger partial charge is 0.334 e. The van der Waals surface area contributed by atoms with Gasteiger partial charge < -0.3 is 23.7 Å². The number of carbonyl (C=O) groups excluding carboxylic acids is 2. The molecule has 2 spiro atoms. The molecular formula is C25H31NO7. The Morgan fingerprint density at radius 1 is 1.15 bits per heavy atom. The van der Waals surface area contributed by atoms with Crippen LogP contribution in [0.1, 0.15) is 46.0 Å². The van der Waals surface area contributed by atoms with E-state index in [0.717, 1.165) is 56.3 Å². The summed E-state index contributed by atoms with van der Waals surface area (Å²) >= 11 is 0. The Bertz CT molecular complexity index is 1000. The molecule has 0 amide bonds. The zero-order valence-electron chi connectivity index (χ0n) is 19.2. The molecule has 4 saturated heterocycles. The number of hydrogen-bond donors (Lipinski definition) is 0. The molecule has 0 aromatic rings. The Balaban J connectivity index is 1.16. The third-order valence-electron chi connectivity index (χ3n) is 10.2. The molecular weight excluding hydrogens is 426 g/mol. The normalized spacial score (nSPS) is 52.8. The number of cyclic esters (lactones) is 1. The fourth-order valence-corrected chi connectivity index (χ4v) is 8.68. The van der Waals surface area contributed by atoms with Crippen molar-refractivity contribution in [2.45, 2.75) is 87.2 Å². The van der Waals surface area contributed by atoms with Crippen LogP contribution in [0.2, 0.25) is 0 Å². The lowest BCUT2D eigenvalue weighted by atomic mass is 9.53. The van der Waals surface area contributed by atoms with Crippen molar-refractivity contribution < 1.29 is 33.3 Å². The number of hydrogen-bond acceptors (Lipinski definition) is 8. The van der Waals surface area contributed by atoms with Gasteiger partial charge in [0, 0.05) is 11.5 Å². The van der Waals surface area contributed by atoms with Gasteiger partial charge in [0.1, 0.15) is 30.0 Å². The van der Waals surface area contributed by atoms with Gasteiger partial charge in [0.15, 0.2) is 11.7 Å². The SMILES string of the molecule is CC(C)[C@]12O[C@H]1[C@@H]1O[C@@]13[C@H]1CCC4=C(COC4=O)[C@@H]1C[C@@H]1O[C@@]13[C@@H]2OC(=O)CN1CCCC1. The highest BCUT2D eigenvalue weighted by molar-refractivity contribution is 5.92. The number of carbonyl (C=O) groups is 2. The topological polar surface area (TPSA) is 93.4 Å². The van der Waals surface area contributed by atoms with Crippen molar-refractivity contribution in [3.05, 3.63) is 11.1 Å². The number of nitrogens with zero attached hydrogens (tertiary/aromatic N) is 1. The molecule has 8 aliphatic rings. The van der Waals surface area contributed by atoms with Gasteiger partial charge >= 0.3 is 11.9 Å². The number of esters is 2. The molecule has 0 aromatic carbocycles. The minimum absolute atomic E-state index is 0.0218. The largest absolute Gasteiger partial charge is 0.458 e. The summed E-state index contributed by atoms with van der Waals surface area (Å²) in [7, 11) is 0. The monoisotopic (exact) mass is 457 g/mol. The summed E-state index contributed by atoms with van der Waals surface area (Å²) in [5, 5.41) is 0. The molecule has 0 unspecified atom stereocenters. The second-order valence-corrected chi connectivity index (χ2v) is 11.7. The van der Waals surface area contributed by atoms with Gasteiger partial charge in [-0.2, -0.15) is 0 Å². The summed E-state index contributed by atoms with van der Waals surface area (Å²) in [6.45, 7) is 6.94. The van der Waals surface area contributed by atoms with E-state index in [2.05, 4.69) is 18.7 Å². The van der Waals surface area contributed by atoms with Crippen molar-refractivity contribution in [1.29, 1.82) is 0 Å². The summed E-state index contributed by atoms with van der Waals surface area (Å²) in [6.07, 6.45) is 4.13. The van der Waals surface area contributed by atoms with E-state index in [1.165, 1.54) is 0 Å². The molecule has 0 bridgehead atoms. The lowest BCUT2D eigenvalue weighted by Gasteiger charge is -2.47. The van der Waals surface area contributed by atoms with Crippen LogP contribution >= 0.6 is 0 Å². The van der Waals surface area contributed by atoms with Crippen molar-refractivity contribution in [2.24, 2.45) is 17.8 Å². The fourth-order valence-electron chi connectivity index (χ4n) is 8.68. The van der Waals surface area contributed by atoms with Crippen molar-refractivity contribution in [3.8, 4) is 0 Å². The molecule has 0 aromatic heterocycles. The Morgan fingerprint density at radius 2 is 1.97 bits per heavy atom. The summed E-state index contributed by atoms with van der Waals surface area (Å²) in [4.78, 5) is 27.5. The van der Waals surface area contributed by atoms with Gasteiger partial charge in [0.2, 0.25) is 0 Å². The molecule has 6 fully saturated rings. The molecule has 0 radical (unpaired) electrons. The van der Waals surface area contributed by atoms with Gasteiger partial charge in [-0.05, 0) is 62.6 Å². The van der Waals surface area contributed by atoms with Crippen molar-refractivity contribution >= 4 is 11.9 Å². The van der Waals surface area contributed by atoms with Gasteiger partial charge in [-0.15, -0.1) is 0 Å². The zero-order chi connectivity index (χ0) is 22.3. The second kappa shape index (κ2) is 6.01. The van der Waals surface area contributed by atoms with E-state index in [1.807, 2.05) is 0 Å². The first kappa shape index (κ1) is 19.8. The third kappa shape index (κ3) is 2.15. The molecule has 8 heteroatoms. The van der Waals surface area contributed by atoms with E-state index >= 15 is 0 Å². The van der Waals surface area contributed by atoms with E-state index < -0.39 is 22.9 Å². The average Bonchev–Trinajstić information content (AvgIpc) is 3.72. The van der Waals surface area contributed by atoms with Crippen LogP contribution in [0.3, 0.4) is 0 Å². The summed E-state index contributed by atoms with van der Waals surface area (Å²) in [5.41, 5.74) is 0.394. The molecule has 5 aliphatic heterocycles. The van der Waals surface area contributed by atoms with Crippen molar-refractivity contribution in [2.75, 3.05) is 26.2 Å². The third-order valence-corrected chi connectivity index (χ3v) is 10.2. The first-order valence-electron chi connectivity index (χ1n) is 12.8. The van der Waals surface area contributed by atoms with Gasteiger partial charge in [-0.25, -0.2) is 4.79 Å². The van der Waals surface area contributed by atoms with E-state index in [-0.39, 0.29) is 48.0 Å². The van der Waals surface area contributed by atoms with Gasteiger partial charge in [-0.3, -0.25) is 9.69 Å². The van der Waals surface area contributed by atoms with E-state index in [4.69, 9.17) is 23.7 Å². The molecule has 9 atom stereocenters. The fraction of sp³-hybridized carbons (Fsp3) is 0.840. The summed E-state index contributed by atoms with van der Waals surface area (Å²) in [5.74, 6) is 0.331. The van der Waals surface area contributed by atoms with Gasteiger partial charge in [0.05, 0.1) is 12.6 Å². The molecule has 8 nitrogen and oxygen atoms in total. The number of epoxide rings is 3. The van der Waals surface area contributed by atoms with Crippen LogP contribution in [0.25, 0.3) is 0 Å². The van der Waals surface area contributed by atoms with Crippen LogP contribution in [0.5, 0.6) is 0 Å². The van der Waals surface area contributed by atoms with E-state index in [9.17, 15) is 9.59 Å². The lowest BCUT2D eigenvalue weighted by Crippen LogP contribution is -2.67. The number of rotatable bonds is 4. The van der Waals surface area contributed by atoms with Crippen LogP contribution in [0.4, 0.5) is 0 Å². The average molecular weight is 458 g/mol. The molecule has 3 aliphatic carbocycles. The van der Waals surface area contributed by atoms with Gasteiger partial charge in [0.25, 0.3) is 0 Å². The van der Waals surface area contributed by atoms with Crippen LogP contribution in [0.15, 0.2) is 11.1 Å².